The molecule has 48 heavy (non-hydrogen) atoms. The second-order valence-electron chi connectivity index (χ2n) is 9.83. The highest BCUT2D eigenvalue weighted by Crippen LogP contribution is 2.24. The summed E-state index contributed by atoms with van der Waals surface area (Å²) in [5, 5.41) is 7.08. The summed E-state index contributed by atoms with van der Waals surface area (Å²) < 4.78 is 72.7. The molecule has 0 fully saturated rings. The second kappa shape index (κ2) is 16.6. The quantitative estimate of drug-likeness (QED) is 0.145. The summed E-state index contributed by atoms with van der Waals surface area (Å²) in [6.07, 6.45) is 0. The van der Waals surface area contributed by atoms with Gasteiger partial charge in [0.25, 0.3) is 19.1 Å². The van der Waals surface area contributed by atoms with Gasteiger partial charge in [-0.15, -0.1) is 0 Å². The first-order valence-electron chi connectivity index (χ1n) is 14.3. The molecule has 0 bridgehead atoms. The Morgan fingerprint density at radius 3 is 1.42 bits per heavy atom. The van der Waals surface area contributed by atoms with Gasteiger partial charge in [-0.25, -0.2) is 26.4 Å². The number of benzene rings is 2. The first-order chi connectivity index (χ1) is 22.6. The van der Waals surface area contributed by atoms with Crippen molar-refractivity contribution in [2.24, 2.45) is 14.1 Å². The van der Waals surface area contributed by atoms with E-state index in [-0.39, 0.29) is 47.7 Å². The molecule has 0 amide bonds. The number of rotatable bonds is 13. The first kappa shape index (κ1) is 38.0. The molecule has 0 saturated carbocycles. The Morgan fingerprint density at radius 2 is 1.08 bits per heavy atom. The SMILES string of the molecule is CCOC(=O)c1cc(S(=O)(=O)Cl)nn1C.CCOC(=O)c1cc(S(=O)(=O)N(Cc2ccc(OC)cc2)Cc2ccc(OC)cc2)nn1C. The van der Waals surface area contributed by atoms with E-state index in [1.807, 2.05) is 0 Å². The molecule has 4 rings (SSSR count). The van der Waals surface area contributed by atoms with Crippen molar-refractivity contribution in [3.8, 4) is 11.5 Å². The summed E-state index contributed by atoms with van der Waals surface area (Å²) in [5.74, 6) is 0.0732. The van der Waals surface area contributed by atoms with Crippen LogP contribution in [0.25, 0.3) is 0 Å². The molecule has 0 aliphatic heterocycles. The number of carbonyl (C=O) groups is 2. The molecule has 2 aromatic carbocycles. The highest BCUT2D eigenvalue weighted by atomic mass is 35.7. The van der Waals surface area contributed by atoms with Crippen LogP contribution in [-0.4, -0.2) is 80.1 Å². The standard InChI is InChI=1S/C23H27N3O6S.C7H9ClN2O4S/c1-5-32-23(27)21-14-22(24-25(21)2)33(28,29)26(15-17-6-10-19(30-3)11-7-17)16-18-8-12-20(31-4)13-9-18;1-3-14-7(11)5-4-6(9-10(5)2)15(8,12)13/h6-14H,5,15-16H2,1-4H3;4H,3H2,1-2H3. The van der Waals surface area contributed by atoms with E-state index in [0.29, 0.717) is 11.5 Å². The summed E-state index contributed by atoms with van der Waals surface area (Å²) >= 11 is 0. The number of methoxy groups -OCH3 is 2. The van der Waals surface area contributed by atoms with Crippen LogP contribution < -0.4 is 9.47 Å². The molecular weight excluding hydrogens is 690 g/mol. The number of aromatic nitrogens is 4. The van der Waals surface area contributed by atoms with Gasteiger partial charge >= 0.3 is 11.9 Å². The summed E-state index contributed by atoms with van der Waals surface area (Å²) in [7, 11) is 3.17. The number of hydrogen-bond acceptors (Lipinski definition) is 12. The number of aryl methyl sites for hydroxylation is 2. The summed E-state index contributed by atoms with van der Waals surface area (Å²) in [5.41, 5.74) is 1.64. The summed E-state index contributed by atoms with van der Waals surface area (Å²) in [4.78, 5) is 23.4. The minimum atomic E-state index is -4.05. The molecule has 0 radical (unpaired) electrons. The molecule has 4 aromatic rings. The first-order valence-corrected chi connectivity index (χ1v) is 18.0. The third kappa shape index (κ3) is 9.79. The maximum atomic E-state index is 13.6. The topological polar surface area (TPSA) is 178 Å². The van der Waals surface area contributed by atoms with Crippen LogP contribution in [0.3, 0.4) is 0 Å². The zero-order chi connectivity index (χ0) is 35.6. The molecule has 260 valence electrons. The van der Waals surface area contributed by atoms with Crippen molar-refractivity contribution in [2.75, 3.05) is 27.4 Å². The lowest BCUT2D eigenvalue weighted by atomic mass is 10.2. The molecule has 15 nitrogen and oxygen atoms in total. The Morgan fingerprint density at radius 1 is 0.708 bits per heavy atom. The van der Waals surface area contributed by atoms with Crippen LogP contribution in [0.1, 0.15) is 46.0 Å². The van der Waals surface area contributed by atoms with Crippen molar-refractivity contribution in [1.82, 2.24) is 23.9 Å². The van der Waals surface area contributed by atoms with E-state index >= 15 is 0 Å². The Bertz CT molecular complexity index is 1880. The van der Waals surface area contributed by atoms with Crippen molar-refractivity contribution in [2.45, 2.75) is 37.0 Å². The maximum absolute atomic E-state index is 13.6. The van der Waals surface area contributed by atoms with E-state index in [9.17, 15) is 26.4 Å². The van der Waals surface area contributed by atoms with E-state index < -0.39 is 31.0 Å². The maximum Gasteiger partial charge on any atom is 0.356 e. The Kier molecular flexibility index (Phi) is 13.1. The van der Waals surface area contributed by atoms with Crippen molar-refractivity contribution in [3.63, 3.8) is 0 Å². The van der Waals surface area contributed by atoms with Crippen LogP contribution in [-0.2, 0) is 55.7 Å². The van der Waals surface area contributed by atoms with Crippen LogP contribution in [0.4, 0.5) is 0 Å². The number of ether oxygens (including phenoxy) is 4. The van der Waals surface area contributed by atoms with Gasteiger partial charge in [-0.1, -0.05) is 24.3 Å². The largest absolute Gasteiger partial charge is 0.497 e. The third-order valence-corrected chi connectivity index (χ3v) is 9.41. The smallest absolute Gasteiger partial charge is 0.356 e. The van der Waals surface area contributed by atoms with E-state index in [1.165, 1.54) is 29.1 Å². The van der Waals surface area contributed by atoms with Crippen molar-refractivity contribution in [3.05, 3.63) is 83.2 Å². The molecule has 0 atom stereocenters. The fourth-order valence-electron chi connectivity index (χ4n) is 4.15. The van der Waals surface area contributed by atoms with Crippen molar-refractivity contribution in [1.29, 1.82) is 0 Å². The second-order valence-corrected chi connectivity index (χ2v) is 14.2. The van der Waals surface area contributed by atoms with E-state index in [2.05, 4.69) is 10.2 Å². The Hall–Kier alpha value is -4.45. The zero-order valence-corrected chi connectivity index (χ0v) is 29.5. The lowest BCUT2D eigenvalue weighted by molar-refractivity contribution is 0.0504. The zero-order valence-electron chi connectivity index (χ0n) is 27.1. The van der Waals surface area contributed by atoms with Gasteiger partial charge in [-0.3, -0.25) is 9.36 Å². The third-order valence-electron chi connectivity index (χ3n) is 6.57. The summed E-state index contributed by atoms with van der Waals surface area (Å²) in [6, 6.07) is 16.6. The highest BCUT2D eigenvalue weighted by molar-refractivity contribution is 8.13. The van der Waals surface area contributed by atoms with E-state index in [0.717, 1.165) is 21.9 Å². The number of nitrogens with zero attached hydrogens (tertiary/aromatic N) is 5. The van der Waals surface area contributed by atoms with Crippen LogP contribution in [0, 0.1) is 0 Å². The average molecular weight is 726 g/mol. The van der Waals surface area contributed by atoms with Gasteiger partial charge in [0.15, 0.2) is 10.1 Å². The normalized spacial score (nSPS) is 11.4. The lowest BCUT2D eigenvalue weighted by Gasteiger charge is -2.21. The van der Waals surface area contributed by atoms with Crippen molar-refractivity contribution >= 4 is 41.7 Å². The molecule has 0 spiro atoms. The van der Waals surface area contributed by atoms with Gasteiger partial charge in [0.05, 0.1) is 27.4 Å². The molecule has 2 heterocycles. The molecule has 0 aliphatic rings. The highest BCUT2D eigenvalue weighted by Gasteiger charge is 2.30. The number of sulfonamides is 1. The Labute approximate surface area is 283 Å². The van der Waals surface area contributed by atoms with Gasteiger partial charge in [-0.05, 0) is 49.2 Å². The van der Waals surface area contributed by atoms with Crippen molar-refractivity contribution < 1.29 is 45.4 Å². The predicted molar refractivity (Wildman–Crippen MR) is 174 cm³/mol. The van der Waals surface area contributed by atoms with E-state index in [1.54, 1.807) is 76.6 Å². The number of halogens is 1. The summed E-state index contributed by atoms with van der Waals surface area (Å²) in [6.45, 7) is 3.90. The van der Waals surface area contributed by atoms with Crippen LogP contribution in [0.5, 0.6) is 11.5 Å². The number of esters is 2. The van der Waals surface area contributed by atoms with E-state index in [4.69, 9.17) is 29.6 Å². The molecule has 2 aromatic heterocycles. The number of carbonyl (C=O) groups excluding carboxylic acids is 2. The molecule has 0 N–H and O–H groups in total. The van der Waals surface area contributed by atoms with Crippen LogP contribution in [0.15, 0.2) is 70.7 Å². The molecule has 0 aliphatic carbocycles. The average Bonchev–Trinajstić information content (AvgIpc) is 3.65. The minimum absolute atomic E-state index is 0.0380. The fourth-order valence-corrected chi connectivity index (χ4v) is 6.23. The van der Waals surface area contributed by atoms with Gasteiger partial charge in [0, 0.05) is 50.0 Å². The van der Waals surface area contributed by atoms with Gasteiger partial charge < -0.3 is 18.9 Å². The lowest BCUT2D eigenvalue weighted by Crippen LogP contribution is -2.30. The molecular formula is C30H36ClN5O10S2. The minimum Gasteiger partial charge on any atom is -0.497 e. The van der Waals surface area contributed by atoms with Crippen LogP contribution in [0.2, 0.25) is 0 Å². The predicted octanol–water partition coefficient (Wildman–Crippen LogP) is 3.53. The molecule has 0 unspecified atom stereocenters. The monoisotopic (exact) mass is 725 g/mol. The molecule has 18 heteroatoms. The number of hydrogen-bond donors (Lipinski definition) is 0. The molecule has 0 saturated heterocycles. The Balaban J connectivity index is 0.000000348. The van der Waals surface area contributed by atoms with Gasteiger partial charge in [0.2, 0.25) is 0 Å². The van der Waals surface area contributed by atoms with Gasteiger partial charge in [-0.2, -0.15) is 14.5 Å². The van der Waals surface area contributed by atoms with Gasteiger partial charge in [0.1, 0.15) is 22.9 Å². The fraction of sp³-hybridized carbons (Fsp3) is 0.333. The van der Waals surface area contributed by atoms with Crippen LogP contribution >= 0.6 is 10.7 Å².